The van der Waals surface area contributed by atoms with Crippen molar-refractivity contribution in [3.8, 4) is 0 Å². The second-order valence-corrected chi connectivity index (χ2v) is 7.18. The molecule has 1 N–H and O–H groups in total. The molecule has 0 saturated heterocycles. The Kier molecular flexibility index (Phi) is 7.69. The number of hydrogen-bond acceptors (Lipinski definition) is 2. The third-order valence-corrected chi connectivity index (χ3v) is 5.33. The number of hydrogen-bond donors (Lipinski definition) is 1. The Morgan fingerprint density at radius 1 is 1.07 bits per heavy atom. The number of amides is 2. The highest BCUT2D eigenvalue weighted by Gasteiger charge is 2.29. The van der Waals surface area contributed by atoms with E-state index in [4.69, 9.17) is 23.2 Å². The third kappa shape index (κ3) is 5.24. The van der Waals surface area contributed by atoms with Crippen LogP contribution in [0.25, 0.3) is 0 Å². The molecule has 2 aromatic carbocycles. The lowest BCUT2D eigenvalue weighted by molar-refractivity contribution is -0.140. The number of aryl methyl sites for hydroxylation is 1. The van der Waals surface area contributed by atoms with Gasteiger partial charge in [-0.3, -0.25) is 9.59 Å². The van der Waals surface area contributed by atoms with Crippen LogP contribution >= 0.6 is 23.2 Å². The predicted octanol–water partition coefficient (Wildman–Crippen LogP) is 4.40. The highest BCUT2D eigenvalue weighted by atomic mass is 35.5. The monoisotopic (exact) mass is 406 g/mol. The number of nitrogens with one attached hydrogen (secondary N) is 1. The quantitative estimate of drug-likeness (QED) is 0.740. The normalized spacial score (nSPS) is 11.7. The van der Waals surface area contributed by atoms with Crippen molar-refractivity contribution in [2.75, 3.05) is 7.05 Å². The summed E-state index contributed by atoms with van der Waals surface area (Å²) in [5.41, 5.74) is 2.61. The molecule has 0 aliphatic rings. The number of rotatable bonds is 7. The Balaban J connectivity index is 2.38. The van der Waals surface area contributed by atoms with E-state index >= 15 is 0 Å². The number of likely N-dealkylation sites (N-methyl/N-ethyl adjacent to an activating group) is 1. The van der Waals surface area contributed by atoms with E-state index in [1.807, 2.05) is 38.1 Å². The molecule has 0 aromatic heterocycles. The first-order valence-corrected chi connectivity index (χ1v) is 9.63. The summed E-state index contributed by atoms with van der Waals surface area (Å²) in [5.74, 6) is -0.352. The van der Waals surface area contributed by atoms with Crippen LogP contribution in [0.4, 0.5) is 0 Å². The Labute approximate surface area is 170 Å². The third-order valence-electron chi connectivity index (χ3n) is 4.63. The smallest absolute Gasteiger partial charge is 0.242 e. The molecule has 0 spiro atoms. The molecular formula is C21H24Cl2N2O2. The minimum atomic E-state index is -0.598. The fraction of sp³-hybridized carbons (Fsp3) is 0.333. The van der Waals surface area contributed by atoms with Gasteiger partial charge in [0.1, 0.15) is 6.04 Å². The van der Waals surface area contributed by atoms with Crippen LogP contribution in [0.15, 0.2) is 42.5 Å². The summed E-state index contributed by atoms with van der Waals surface area (Å²) >= 11 is 12.6. The molecular weight excluding hydrogens is 383 g/mol. The Morgan fingerprint density at radius 2 is 1.70 bits per heavy atom. The summed E-state index contributed by atoms with van der Waals surface area (Å²) in [7, 11) is 1.57. The molecule has 0 fully saturated rings. The predicted molar refractivity (Wildman–Crippen MR) is 110 cm³/mol. The van der Waals surface area contributed by atoms with Crippen molar-refractivity contribution in [3.63, 3.8) is 0 Å². The van der Waals surface area contributed by atoms with Crippen molar-refractivity contribution in [2.45, 2.75) is 39.3 Å². The molecule has 0 radical (unpaired) electrons. The van der Waals surface area contributed by atoms with Crippen molar-refractivity contribution in [3.05, 3.63) is 69.2 Å². The lowest BCUT2D eigenvalue weighted by Crippen LogP contribution is -2.48. The van der Waals surface area contributed by atoms with Gasteiger partial charge in [-0.25, -0.2) is 0 Å². The second kappa shape index (κ2) is 9.77. The molecule has 27 heavy (non-hydrogen) atoms. The lowest BCUT2D eigenvalue weighted by Gasteiger charge is -2.31. The van der Waals surface area contributed by atoms with Crippen molar-refractivity contribution in [1.82, 2.24) is 10.2 Å². The van der Waals surface area contributed by atoms with E-state index in [9.17, 15) is 9.59 Å². The van der Waals surface area contributed by atoms with E-state index < -0.39 is 6.04 Å². The summed E-state index contributed by atoms with van der Waals surface area (Å²) in [5, 5.41) is 3.59. The molecule has 0 aliphatic carbocycles. The van der Waals surface area contributed by atoms with Gasteiger partial charge in [0.15, 0.2) is 0 Å². The van der Waals surface area contributed by atoms with Gasteiger partial charge in [0.05, 0.1) is 6.42 Å². The van der Waals surface area contributed by atoms with Crippen molar-refractivity contribution in [1.29, 1.82) is 0 Å². The van der Waals surface area contributed by atoms with E-state index in [1.54, 1.807) is 30.1 Å². The van der Waals surface area contributed by atoms with Crippen LogP contribution in [-0.4, -0.2) is 29.8 Å². The van der Waals surface area contributed by atoms with E-state index in [0.717, 1.165) is 11.1 Å². The van der Waals surface area contributed by atoms with Crippen molar-refractivity contribution >= 4 is 35.0 Å². The molecule has 0 saturated carbocycles. The van der Waals surface area contributed by atoms with Gasteiger partial charge < -0.3 is 10.2 Å². The first-order chi connectivity index (χ1) is 12.9. The molecule has 4 nitrogen and oxygen atoms in total. The van der Waals surface area contributed by atoms with Crippen molar-refractivity contribution < 1.29 is 9.59 Å². The number of benzene rings is 2. The maximum atomic E-state index is 13.2. The summed E-state index contributed by atoms with van der Waals surface area (Å²) in [6.45, 7) is 4.02. The molecule has 0 heterocycles. The first-order valence-electron chi connectivity index (χ1n) is 8.87. The fourth-order valence-corrected chi connectivity index (χ4v) is 3.53. The Hall–Kier alpha value is -2.04. The molecule has 0 aliphatic heterocycles. The highest BCUT2D eigenvalue weighted by Crippen LogP contribution is 2.27. The largest absolute Gasteiger partial charge is 0.357 e. The average Bonchev–Trinajstić information content (AvgIpc) is 2.65. The summed E-state index contributed by atoms with van der Waals surface area (Å²) in [4.78, 5) is 27.1. The molecule has 144 valence electrons. The molecule has 0 bridgehead atoms. The van der Waals surface area contributed by atoms with Gasteiger partial charge in [-0.2, -0.15) is 0 Å². The zero-order valence-electron chi connectivity index (χ0n) is 15.8. The van der Waals surface area contributed by atoms with E-state index in [2.05, 4.69) is 5.32 Å². The zero-order valence-corrected chi connectivity index (χ0v) is 17.3. The number of nitrogens with zero attached hydrogens (tertiary/aromatic N) is 1. The van der Waals surface area contributed by atoms with Crippen LogP contribution in [0.5, 0.6) is 0 Å². The Morgan fingerprint density at radius 3 is 2.26 bits per heavy atom. The molecule has 2 amide bonds. The fourth-order valence-electron chi connectivity index (χ4n) is 3.01. The van der Waals surface area contributed by atoms with Crippen LogP contribution in [0, 0.1) is 6.92 Å². The maximum absolute atomic E-state index is 13.2. The van der Waals surface area contributed by atoms with Crippen LogP contribution in [0.1, 0.15) is 30.0 Å². The van der Waals surface area contributed by atoms with Gasteiger partial charge in [0, 0.05) is 29.2 Å². The first kappa shape index (κ1) is 21.3. The minimum Gasteiger partial charge on any atom is -0.357 e. The zero-order chi connectivity index (χ0) is 20.0. The summed E-state index contributed by atoms with van der Waals surface area (Å²) < 4.78 is 0. The Bertz CT molecular complexity index is 803. The van der Waals surface area contributed by atoms with E-state index in [-0.39, 0.29) is 24.8 Å². The second-order valence-electron chi connectivity index (χ2n) is 6.36. The standard InChI is InChI=1S/C21H24Cl2N2O2/c1-4-19(21(27)24-3)25(13-16-17(22)10-7-11-18(16)23)20(26)12-15-9-6-5-8-14(15)2/h5-11,19H,4,12-13H2,1-3H3,(H,24,27)/t19-/m1/s1. The van der Waals surface area contributed by atoms with Gasteiger partial charge >= 0.3 is 0 Å². The molecule has 6 heteroatoms. The van der Waals surface area contributed by atoms with Crippen LogP contribution in [0.2, 0.25) is 10.0 Å². The van der Waals surface area contributed by atoms with Gasteiger partial charge in [0.2, 0.25) is 11.8 Å². The highest BCUT2D eigenvalue weighted by molar-refractivity contribution is 6.36. The van der Waals surface area contributed by atoms with Crippen LogP contribution < -0.4 is 5.32 Å². The number of carbonyl (C=O) groups excluding carboxylic acids is 2. The number of carbonyl (C=O) groups is 2. The average molecular weight is 407 g/mol. The lowest BCUT2D eigenvalue weighted by atomic mass is 10.0. The molecule has 2 aromatic rings. The van der Waals surface area contributed by atoms with Crippen molar-refractivity contribution in [2.24, 2.45) is 0 Å². The van der Waals surface area contributed by atoms with E-state index in [0.29, 0.717) is 22.0 Å². The van der Waals surface area contributed by atoms with Crippen LogP contribution in [-0.2, 0) is 22.6 Å². The number of halogens is 2. The minimum absolute atomic E-state index is 0.143. The molecule has 0 unspecified atom stereocenters. The van der Waals surface area contributed by atoms with Gasteiger partial charge in [-0.1, -0.05) is 60.5 Å². The summed E-state index contributed by atoms with van der Waals surface area (Å²) in [6, 6.07) is 12.3. The van der Waals surface area contributed by atoms with E-state index in [1.165, 1.54) is 0 Å². The maximum Gasteiger partial charge on any atom is 0.242 e. The molecule has 2 rings (SSSR count). The van der Waals surface area contributed by atoms with Gasteiger partial charge in [-0.15, -0.1) is 0 Å². The molecule has 1 atom stereocenters. The SMILES string of the molecule is CC[C@H](C(=O)NC)N(Cc1c(Cl)cccc1Cl)C(=O)Cc1ccccc1C. The van der Waals surface area contributed by atoms with Crippen LogP contribution in [0.3, 0.4) is 0 Å². The summed E-state index contributed by atoms with van der Waals surface area (Å²) in [6.07, 6.45) is 0.698. The van der Waals surface area contributed by atoms with Gasteiger partial charge in [0.25, 0.3) is 0 Å². The van der Waals surface area contributed by atoms with Gasteiger partial charge in [-0.05, 0) is 36.6 Å². The topological polar surface area (TPSA) is 49.4 Å².